The summed E-state index contributed by atoms with van der Waals surface area (Å²) in [4.78, 5) is 16.0. The van der Waals surface area contributed by atoms with Gasteiger partial charge in [-0.15, -0.1) is 0 Å². The minimum atomic E-state index is -0.955. The van der Waals surface area contributed by atoms with Crippen LogP contribution in [0.3, 0.4) is 0 Å². The second kappa shape index (κ2) is 4.24. The summed E-state index contributed by atoms with van der Waals surface area (Å²) in [5.41, 5.74) is 2.11. The van der Waals surface area contributed by atoms with Crippen molar-refractivity contribution < 1.29 is 14.3 Å². The highest BCUT2D eigenvalue weighted by molar-refractivity contribution is 6.05. The molecule has 1 aromatic carbocycles. The summed E-state index contributed by atoms with van der Waals surface area (Å²) in [6.07, 6.45) is 1.55. The molecule has 3 aromatic rings. The van der Waals surface area contributed by atoms with Crippen LogP contribution in [0.4, 0.5) is 0 Å². The van der Waals surface area contributed by atoms with E-state index in [0.29, 0.717) is 27.9 Å². The summed E-state index contributed by atoms with van der Waals surface area (Å²) in [5.74, 6) is -0.380. The number of carbonyl (C=O) groups is 1. The van der Waals surface area contributed by atoms with E-state index < -0.39 is 5.97 Å². The monoisotopic (exact) mass is 253 g/mol. The molecule has 94 valence electrons. The van der Waals surface area contributed by atoms with E-state index in [0.717, 1.165) is 0 Å². The number of carboxylic acids is 1. The lowest BCUT2D eigenvalue weighted by Crippen LogP contribution is -2.04. The number of para-hydroxylation sites is 1. The molecule has 0 saturated heterocycles. The molecule has 0 fully saturated rings. The van der Waals surface area contributed by atoms with E-state index >= 15 is 0 Å². The number of aromatic nitrogens is 1. The molecule has 0 saturated carbocycles. The highest BCUT2D eigenvalue weighted by Crippen LogP contribution is 2.29. The summed E-state index contributed by atoms with van der Waals surface area (Å²) in [7, 11) is 0. The zero-order valence-electron chi connectivity index (χ0n) is 10.3. The smallest absolute Gasteiger partial charge is 0.336 e. The first-order valence-electron chi connectivity index (χ1n) is 5.85. The molecule has 2 aromatic heterocycles. The number of fused-ring (bicyclic) bond motifs is 1. The molecule has 1 N–H and O–H groups in total. The third-order valence-corrected chi connectivity index (χ3v) is 3.10. The third-order valence-electron chi connectivity index (χ3n) is 3.10. The van der Waals surface area contributed by atoms with E-state index in [1.54, 1.807) is 37.5 Å². The lowest BCUT2D eigenvalue weighted by Gasteiger charge is -2.09. The van der Waals surface area contributed by atoms with E-state index in [1.807, 2.05) is 12.1 Å². The standard InChI is InChI=1S/C15H11NO3/c1-9-13(15(17)18)10-5-2-3-6-11(10)16-14(9)12-7-4-8-19-12/h2-8H,1H3,(H,17,18). The second-order valence-electron chi connectivity index (χ2n) is 4.26. The van der Waals surface area contributed by atoms with E-state index in [9.17, 15) is 9.90 Å². The predicted molar refractivity (Wildman–Crippen MR) is 71.1 cm³/mol. The fraction of sp³-hybridized carbons (Fsp3) is 0.0667. The van der Waals surface area contributed by atoms with Crippen LogP contribution in [0.2, 0.25) is 0 Å². The van der Waals surface area contributed by atoms with Crippen molar-refractivity contribution in [1.29, 1.82) is 0 Å². The zero-order valence-corrected chi connectivity index (χ0v) is 10.3. The number of pyridine rings is 1. The van der Waals surface area contributed by atoms with E-state index in [1.165, 1.54) is 0 Å². The molecule has 2 heterocycles. The summed E-state index contributed by atoms with van der Waals surface area (Å²) < 4.78 is 5.33. The molecule has 0 radical (unpaired) electrons. The van der Waals surface area contributed by atoms with Gasteiger partial charge in [0.2, 0.25) is 0 Å². The Bertz CT molecular complexity index is 760. The first-order valence-corrected chi connectivity index (χ1v) is 5.85. The minimum absolute atomic E-state index is 0.275. The summed E-state index contributed by atoms with van der Waals surface area (Å²) >= 11 is 0. The van der Waals surface area contributed by atoms with Gasteiger partial charge < -0.3 is 9.52 Å². The van der Waals surface area contributed by atoms with Gasteiger partial charge in [-0.3, -0.25) is 0 Å². The zero-order chi connectivity index (χ0) is 13.4. The molecule has 19 heavy (non-hydrogen) atoms. The van der Waals surface area contributed by atoms with Crippen molar-refractivity contribution >= 4 is 16.9 Å². The quantitative estimate of drug-likeness (QED) is 0.759. The first-order chi connectivity index (χ1) is 9.18. The van der Waals surface area contributed by atoms with Gasteiger partial charge in [0, 0.05) is 5.39 Å². The Labute approximate surface area is 109 Å². The number of hydrogen-bond acceptors (Lipinski definition) is 3. The first kappa shape index (κ1) is 11.5. The minimum Gasteiger partial charge on any atom is -0.478 e. The molecule has 4 nitrogen and oxygen atoms in total. The molecule has 0 aliphatic heterocycles. The highest BCUT2D eigenvalue weighted by atomic mass is 16.4. The van der Waals surface area contributed by atoms with Gasteiger partial charge in [0.1, 0.15) is 5.69 Å². The van der Waals surface area contributed by atoms with Gasteiger partial charge in [-0.2, -0.15) is 0 Å². The predicted octanol–water partition coefficient (Wildman–Crippen LogP) is 3.50. The van der Waals surface area contributed by atoms with Crippen LogP contribution >= 0.6 is 0 Å². The summed E-state index contributed by atoms with van der Waals surface area (Å²) in [5, 5.41) is 10.1. The van der Waals surface area contributed by atoms with Crippen molar-refractivity contribution in [2.75, 3.05) is 0 Å². The molecule has 0 unspecified atom stereocenters. The van der Waals surface area contributed by atoms with Crippen LogP contribution in [0.5, 0.6) is 0 Å². The van der Waals surface area contributed by atoms with Gasteiger partial charge in [0.05, 0.1) is 17.3 Å². The molecule has 4 heteroatoms. The Morgan fingerprint density at radius 2 is 2.00 bits per heavy atom. The lowest BCUT2D eigenvalue weighted by atomic mass is 10.0. The lowest BCUT2D eigenvalue weighted by molar-refractivity contribution is 0.0698. The fourth-order valence-electron chi connectivity index (χ4n) is 2.24. The Balaban J connectivity index is 2.42. The van der Waals surface area contributed by atoms with Gasteiger partial charge in [0.25, 0.3) is 0 Å². The molecule has 0 amide bonds. The number of rotatable bonds is 2. The number of hydrogen-bond donors (Lipinski definition) is 1. The highest BCUT2D eigenvalue weighted by Gasteiger charge is 2.18. The second-order valence-corrected chi connectivity index (χ2v) is 4.26. The van der Waals surface area contributed by atoms with Crippen LogP contribution in [0, 0.1) is 6.92 Å². The van der Waals surface area contributed by atoms with Crippen molar-refractivity contribution in [3.05, 3.63) is 53.8 Å². The van der Waals surface area contributed by atoms with Crippen LogP contribution in [-0.4, -0.2) is 16.1 Å². The van der Waals surface area contributed by atoms with Crippen molar-refractivity contribution in [3.63, 3.8) is 0 Å². The topological polar surface area (TPSA) is 63.3 Å². The van der Waals surface area contributed by atoms with E-state index in [-0.39, 0.29) is 5.56 Å². The third kappa shape index (κ3) is 1.78. The van der Waals surface area contributed by atoms with Gasteiger partial charge in [0.15, 0.2) is 5.76 Å². The number of benzene rings is 1. The van der Waals surface area contributed by atoms with Crippen molar-refractivity contribution in [2.45, 2.75) is 6.92 Å². The van der Waals surface area contributed by atoms with Gasteiger partial charge >= 0.3 is 5.97 Å². The number of aromatic carboxylic acids is 1. The average molecular weight is 253 g/mol. The Morgan fingerprint density at radius 1 is 1.21 bits per heavy atom. The van der Waals surface area contributed by atoms with Crippen molar-refractivity contribution in [3.8, 4) is 11.5 Å². The van der Waals surface area contributed by atoms with Crippen molar-refractivity contribution in [1.82, 2.24) is 4.98 Å². The average Bonchev–Trinajstić information content (AvgIpc) is 2.91. The molecule has 3 rings (SSSR count). The van der Waals surface area contributed by atoms with Crippen LogP contribution < -0.4 is 0 Å². The van der Waals surface area contributed by atoms with Gasteiger partial charge in [-0.05, 0) is 30.7 Å². The van der Waals surface area contributed by atoms with E-state index in [4.69, 9.17) is 4.42 Å². The molecule has 0 spiro atoms. The maximum absolute atomic E-state index is 11.5. The van der Waals surface area contributed by atoms with Crippen molar-refractivity contribution in [2.24, 2.45) is 0 Å². The Morgan fingerprint density at radius 3 is 2.68 bits per heavy atom. The normalized spacial score (nSPS) is 10.8. The molecular formula is C15H11NO3. The molecule has 0 bridgehead atoms. The number of carboxylic acid groups (broad SMARTS) is 1. The Hall–Kier alpha value is -2.62. The maximum atomic E-state index is 11.5. The fourth-order valence-corrected chi connectivity index (χ4v) is 2.24. The van der Waals surface area contributed by atoms with Gasteiger partial charge in [-0.25, -0.2) is 9.78 Å². The number of furan rings is 1. The molecule has 0 aliphatic rings. The van der Waals surface area contributed by atoms with Crippen LogP contribution in [0.1, 0.15) is 15.9 Å². The summed E-state index contributed by atoms with van der Waals surface area (Å²) in [6, 6.07) is 10.7. The van der Waals surface area contributed by atoms with Gasteiger partial charge in [-0.1, -0.05) is 18.2 Å². The number of nitrogens with zero attached hydrogens (tertiary/aromatic N) is 1. The summed E-state index contributed by atoms with van der Waals surface area (Å²) in [6.45, 7) is 1.75. The molecule has 0 atom stereocenters. The van der Waals surface area contributed by atoms with Crippen LogP contribution in [0.15, 0.2) is 47.1 Å². The molecular weight excluding hydrogens is 242 g/mol. The maximum Gasteiger partial charge on any atom is 0.336 e. The molecule has 0 aliphatic carbocycles. The largest absolute Gasteiger partial charge is 0.478 e. The van der Waals surface area contributed by atoms with Crippen LogP contribution in [0.25, 0.3) is 22.4 Å². The van der Waals surface area contributed by atoms with Crippen LogP contribution in [-0.2, 0) is 0 Å². The Kier molecular flexibility index (Phi) is 2.56. The van der Waals surface area contributed by atoms with E-state index in [2.05, 4.69) is 4.98 Å². The SMILES string of the molecule is Cc1c(-c2ccco2)nc2ccccc2c1C(=O)O.